The molecule has 0 saturated carbocycles. The van der Waals surface area contributed by atoms with Crippen LogP contribution in [0.1, 0.15) is 104 Å². The Bertz CT molecular complexity index is 946. The molecule has 1 aromatic carbocycles. The number of piperidine rings is 1. The Balaban J connectivity index is 0.000000202. The molecule has 190 valence electrons. The molecule has 0 N–H and O–H groups in total. The van der Waals surface area contributed by atoms with Crippen molar-refractivity contribution in [1.29, 1.82) is 0 Å². The van der Waals surface area contributed by atoms with Crippen LogP contribution in [0.4, 0.5) is 0 Å². The number of aromatic nitrogens is 1. The van der Waals surface area contributed by atoms with E-state index >= 15 is 0 Å². The molecule has 2 bridgehead atoms. The van der Waals surface area contributed by atoms with Crippen molar-refractivity contribution >= 4 is 22.5 Å². The maximum Gasteiger partial charge on any atom is 0.162 e. The van der Waals surface area contributed by atoms with E-state index in [2.05, 4.69) is 57.1 Å². The van der Waals surface area contributed by atoms with E-state index in [9.17, 15) is 9.59 Å². The largest absolute Gasteiger partial charge is 0.344 e. The first-order chi connectivity index (χ1) is 15.9. The number of nitrogens with zero attached hydrogens (tertiary/aromatic N) is 2. The molecule has 2 aliphatic rings. The Labute approximate surface area is 208 Å². The van der Waals surface area contributed by atoms with E-state index in [4.69, 9.17) is 0 Å². The van der Waals surface area contributed by atoms with Crippen LogP contribution in [0.25, 0.3) is 10.9 Å². The molecular weight excluding hydrogens is 420 g/mol. The summed E-state index contributed by atoms with van der Waals surface area (Å²) in [7, 11) is 0. The standard InChI is InChI=1S/C13H15NO.C12H21NO.C5H12/c1-4-14-9(2)13(10(3)15)11-7-5-6-8-12(11)14;1-3-10-6-11-4-5-12(7-10)13(11)8-9(2)14;1-5(2,3)4/h5-8H,4H2,1-3H3;10-12H,3-8H2,1-2H3;1-4H3/t;10?,11-,12?;/m.0./s1. The predicted octanol–water partition coefficient (Wildman–Crippen LogP) is 7.45. The van der Waals surface area contributed by atoms with E-state index in [1.54, 1.807) is 13.8 Å². The minimum atomic E-state index is 0.149. The summed E-state index contributed by atoms with van der Waals surface area (Å²) in [6, 6.07) is 9.53. The van der Waals surface area contributed by atoms with Crippen LogP contribution in [-0.4, -0.2) is 39.7 Å². The first-order valence-electron chi connectivity index (χ1n) is 13.2. The van der Waals surface area contributed by atoms with Gasteiger partial charge in [-0.25, -0.2) is 0 Å². The van der Waals surface area contributed by atoms with Gasteiger partial charge in [0.05, 0.1) is 6.54 Å². The van der Waals surface area contributed by atoms with Gasteiger partial charge in [0.2, 0.25) is 0 Å². The predicted molar refractivity (Wildman–Crippen MR) is 145 cm³/mol. The second-order valence-electron chi connectivity index (χ2n) is 11.8. The molecule has 0 radical (unpaired) electrons. The first-order valence-corrected chi connectivity index (χ1v) is 13.2. The van der Waals surface area contributed by atoms with Crippen molar-refractivity contribution in [2.75, 3.05) is 6.54 Å². The minimum absolute atomic E-state index is 0.149. The number of para-hydroxylation sites is 1. The second-order valence-corrected chi connectivity index (χ2v) is 11.8. The van der Waals surface area contributed by atoms with Gasteiger partial charge in [-0.2, -0.15) is 0 Å². The highest BCUT2D eigenvalue weighted by Crippen LogP contribution is 2.39. The van der Waals surface area contributed by atoms with Crippen molar-refractivity contribution in [3.8, 4) is 0 Å². The molecule has 1 aromatic heterocycles. The van der Waals surface area contributed by atoms with Gasteiger partial charge in [0.1, 0.15) is 5.78 Å². The number of carbonyl (C=O) groups is 2. The van der Waals surface area contributed by atoms with Gasteiger partial charge in [-0.1, -0.05) is 59.2 Å². The summed E-state index contributed by atoms with van der Waals surface area (Å²) in [5.74, 6) is 1.41. The van der Waals surface area contributed by atoms with Gasteiger partial charge in [-0.05, 0) is 70.8 Å². The summed E-state index contributed by atoms with van der Waals surface area (Å²) in [6.07, 6.45) is 6.64. The molecule has 0 spiro atoms. The molecule has 0 amide bonds. The Morgan fingerprint density at radius 2 is 1.50 bits per heavy atom. The highest BCUT2D eigenvalue weighted by molar-refractivity contribution is 6.08. The molecule has 3 atom stereocenters. The van der Waals surface area contributed by atoms with Crippen LogP contribution in [-0.2, 0) is 11.3 Å². The maximum atomic E-state index is 11.6. The molecule has 2 saturated heterocycles. The zero-order chi connectivity index (χ0) is 25.6. The number of carbonyl (C=O) groups excluding carboxylic acids is 2. The zero-order valence-electron chi connectivity index (χ0n) is 23.2. The number of ketones is 2. The minimum Gasteiger partial charge on any atom is -0.344 e. The van der Waals surface area contributed by atoms with Crippen LogP contribution in [0.2, 0.25) is 0 Å². The number of hydrogen-bond acceptors (Lipinski definition) is 3. The van der Waals surface area contributed by atoms with Crippen LogP contribution in [0.15, 0.2) is 24.3 Å². The summed E-state index contributed by atoms with van der Waals surface area (Å²) in [5, 5.41) is 1.07. The highest BCUT2D eigenvalue weighted by Gasteiger charge is 2.40. The van der Waals surface area contributed by atoms with E-state index in [0.29, 0.717) is 17.7 Å². The van der Waals surface area contributed by atoms with Gasteiger partial charge in [0, 0.05) is 40.8 Å². The lowest BCUT2D eigenvalue weighted by Gasteiger charge is -2.38. The van der Waals surface area contributed by atoms with Gasteiger partial charge in [-0.15, -0.1) is 0 Å². The van der Waals surface area contributed by atoms with Crippen molar-refractivity contribution in [3.63, 3.8) is 0 Å². The van der Waals surface area contributed by atoms with Gasteiger partial charge in [0.25, 0.3) is 0 Å². The molecule has 3 heterocycles. The summed E-state index contributed by atoms with van der Waals surface area (Å²) in [4.78, 5) is 25.2. The van der Waals surface area contributed by atoms with Crippen LogP contribution < -0.4 is 0 Å². The fourth-order valence-corrected chi connectivity index (χ4v) is 5.52. The van der Waals surface area contributed by atoms with Crippen molar-refractivity contribution in [1.82, 2.24) is 9.47 Å². The Morgan fingerprint density at radius 1 is 0.971 bits per heavy atom. The van der Waals surface area contributed by atoms with E-state index < -0.39 is 0 Å². The number of benzene rings is 1. The van der Waals surface area contributed by atoms with Crippen LogP contribution in [0.5, 0.6) is 0 Å². The van der Waals surface area contributed by atoms with Crippen molar-refractivity contribution in [2.45, 2.75) is 113 Å². The van der Waals surface area contributed by atoms with Crippen LogP contribution in [0.3, 0.4) is 0 Å². The third kappa shape index (κ3) is 7.53. The topological polar surface area (TPSA) is 42.3 Å². The van der Waals surface area contributed by atoms with Crippen molar-refractivity contribution < 1.29 is 9.59 Å². The monoisotopic (exact) mass is 468 g/mol. The van der Waals surface area contributed by atoms with E-state index in [1.807, 2.05) is 25.1 Å². The Kier molecular flexibility index (Phi) is 10.1. The number of rotatable bonds is 5. The smallest absolute Gasteiger partial charge is 0.162 e. The fraction of sp³-hybridized carbons (Fsp3) is 0.667. The van der Waals surface area contributed by atoms with Crippen LogP contribution in [0, 0.1) is 18.3 Å². The third-order valence-electron chi connectivity index (χ3n) is 6.86. The summed E-state index contributed by atoms with van der Waals surface area (Å²) < 4.78 is 2.19. The van der Waals surface area contributed by atoms with Gasteiger partial charge in [0.15, 0.2) is 5.78 Å². The molecule has 4 rings (SSSR count). The molecule has 2 unspecified atom stereocenters. The maximum absolute atomic E-state index is 11.6. The molecule has 34 heavy (non-hydrogen) atoms. The van der Waals surface area contributed by atoms with Crippen molar-refractivity contribution in [2.24, 2.45) is 11.3 Å². The second kappa shape index (κ2) is 12.2. The molecule has 4 nitrogen and oxygen atoms in total. The molecule has 0 aliphatic carbocycles. The lowest BCUT2D eigenvalue weighted by Crippen LogP contribution is -2.44. The summed E-state index contributed by atoms with van der Waals surface area (Å²) >= 11 is 0. The average Bonchev–Trinajstić information content (AvgIpc) is 3.13. The van der Waals surface area contributed by atoms with Gasteiger partial charge in [-0.3, -0.25) is 14.5 Å². The summed E-state index contributed by atoms with van der Waals surface area (Å²) in [6.45, 7) is 20.1. The number of aryl methyl sites for hydroxylation is 1. The fourth-order valence-electron chi connectivity index (χ4n) is 5.52. The van der Waals surface area contributed by atoms with E-state index in [0.717, 1.165) is 46.7 Å². The van der Waals surface area contributed by atoms with E-state index in [1.165, 1.54) is 32.1 Å². The average molecular weight is 469 g/mol. The Hall–Kier alpha value is -1.94. The molecule has 2 fully saturated rings. The number of Topliss-reactive ketones (excluding diaryl/α,β-unsaturated/α-hetero) is 2. The SMILES string of the molecule is CC(C)(C)C.CCC1CC2CC[C@@H](C1)N2CC(C)=O.CCn1c(C)c(C(C)=O)c2ccccc21. The normalized spacial score (nSPS) is 22.0. The molecule has 2 aliphatic heterocycles. The van der Waals surface area contributed by atoms with Crippen molar-refractivity contribution in [3.05, 3.63) is 35.5 Å². The Morgan fingerprint density at radius 3 is 1.94 bits per heavy atom. The zero-order valence-corrected chi connectivity index (χ0v) is 23.2. The van der Waals surface area contributed by atoms with E-state index in [-0.39, 0.29) is 5.78 Å². The number of hydrogen-bond donors (Lipinski definition) is 0. The third-order valence-corrected chi connectivity index (χ3v) is 6.86. The molecule has 2 aromatic rings. The summed E-state index contributed by atoms with van der Waals surface area (Å²) in [5.41, 5.74) is 3.60. The lowest BCUT2D eigenvalue weighted by atomic mass is 9.89. The van der Waals surface area contributed by atoms with Gasteiger partial charge >= 0.3 is 0 Å². The van der Waals surface area contributed by atoms with Gasteiger partial charge < -0.3 is 4.57 Å². The molecule has 4 heteroatoms. The van der Waals surface area contributed by atoms with Crippen LogP contribution >= 0.6 is 0 Å². The lowest BCUT2D eigenvalue weighted by molar-refractivity contribution is -0.119. The quantitative estimate of drug-likeness (QED) is 0.428. The first kappa shape index (κ1) is 28.3. The number of fused-ring (bicyclic) bond motifs is 3. The highest BCUT2D eigenvalue weighted by atomic mass is 16.1. The molecular formula is C30H48N2O2.